The SMILES string of the molecule is CC(C)CC1NC2(c3ccccc3-n3c2nc2ccccc2c3=O)[C@H]2C(=O)N(c3ccccc3Cl)C(=O)[C@@H]12.O=C1C(c2c(O)[nH]c3ccccc23)=Nc2ccccc21. The molecule has 286 valence electrons. The number of benzene rings is 5. The van der Waals surface area contributed by atoms with Crippen LogP contribution in [0, 0.1) is 17.8 Å². The molecule has 0 saturated carbocycles. The van der Waals surface area contributed by atoms with Crippen molar-refractivity contribution in [2.75, 3.05) is 4.90 Å². The van der Waals surface area contributed by atoms with E-state index < -0.39 is 17.4 Å². The number of carbonyl (C=O) groups excluding carboxylic acids is 3. The van der Waals surface area contributed by atoms with Crippen LogP contribution in [0.1, 0.15) is 47.6 Å². The molecule has 7 aromatic rings. The van der Waals surface area contributed by atoms with Crippen molar-refractivity contribution in [1.29, 1.82) is 0 Å². The van der Waals surface area contributed by atoms with Gasteiger partial charge in [0.05, 0.1) is 50.4 Å². The Morgan fingerprint density at radius 2 is 1.47 bits per heavy atom. The molecule has 11 nitrogen and oxygen atoms in total. The molecule has 2 fully saturated rings. The summed E-state index contributed by atoms with van der Waals surface area (Å²) in [5, 5.41) is 15.5. The Labute approximate surface area is 336 Å². The molecule has 6 heterocycles. The van der Waals surface area contributed by atoms with Gasteiger partial charge in [0.25, 0.3) is 5.56 Å². The fourth-order valence-corrected chi connectivity index (χ4v) is 9.62. The van der Waals surface area contributed by atoms with Gasteiger partial charge in [0.2, 0.25) is 17.6 Å². The van der Waals surface area contributed by atoms with Crippen LogP contribution in [0.25, 0.3) is 27.5 Å². The molecule has 4 aliphatic heterocycles. The molecule has 5 aromatic carbocycles. The summed E-state index contributed by atoms with van der Waals surface area (Å²) < 4.78 is 1.62. The smallest absolute Gasteiger partial charge is 0.266 e. The first-order valence-electron chi connectivity index (χ1n) is 19.1. The van der Waals surface area contributed by atoms with Crippen LogP contribution in [0.4, 0.5) is 11.4 Å². The van der Waals surface area contributed by atoms with E-state index >= 15 is 0 Å². The largest absolute Gasteiger partial charge is 0.494 e. The molecule has 3 N–H and O–H groups in total. The normalized spacial score (nSPS) is 21.4. The highest BCUT2D eigenvalue weighted by Gasteiger charge is 2.69. The topological polar surface area (TPSA) is 150 Å². The number of ketones is 1. The van der Waals surface area contributed by atoms with Gasteiger partial charge in [0.15, 0.2) is 5.88 Å². The Morgan fingerprint density at radius 1 is 0.793 bits per heavy atom. The van der Waals surface area contributed by atoms with Crippen molar-refractivity contribution in [3.63, 3.8) is 0 Å². The minimum atomic E-state index is -1.15. The monoisotopic (exact) mass is 786 g/mol. The van der Waals surface area contributed by atoms with Crippen LogP contribution in [0.3, 0.4) is 0 Å². The van der Waals surface area contributed by atoms with Crippen molar-refractivity contribution < 1.29 is 19.5 Å². The molecule has 0 aliphatic carbocycles. The number of hydrogen-bond acceptors (Lipinski definition) is 8. The summed E-state index contributed by atoms with van der Waals surface area (Å²) in [5.41, 5.74) is 3.83. The van der Waals surface area contributed by atoms with E-state index in [1.165, 1.54) is 4.90 Å². The third kappa shape index (κ3) is 5.03. The van der Waals surface area contributed by atoms with E-state index in [9.17, 15) is 24.3 Å². The van der Waals surface area contributed by atoms with E-state index in [0.29, 0.717) is 62.1 Å². The molecule has 11 rings (SSSR count). The number of carbonyl (C=O) groups is 3. The fourth-order valence-electron chi connectivity index (χ4n) is 9.40. The number of fused-ring (bicyclic) bond motifs is 10. The van der Waals surface area contributed by atoms with Gasteiger partial charge in [-0.1, -0.05) is 98.2 Å². The summed E-state index contributed by atoms with van der Waals surface area (Å²) in [6, 6.07) is 36.1. The van der Waals surface area contributed by atoms with Gasteiger partial charge < -0.3 is 10.1 Å². The average Bonchev–Trinajstić information content (AvgIpc) is 3.98. The summed E-state index contributed by atoms with van der Waals surface area (Å²) in [4.78, 5) is 68.3. The maximum atomic E-state index is 14.4. The lowest BCUT2D eigenvalue weighted by Crippen LogP contribution is -2.50. The molecule has 58 heavy (non-hydrogen) atoms. The maximum Gasteiger partial charge on any atom is 0.266 e. The summed E-state index contributed by atoms with van der Waals surface area (Å²) in [5.74, 6) is -1.50. The number of H-pyrrole nitrogens is 1. The molecule has 0 radical (unpaired) electrons. The van der Waals surface area contributed by atoms with Crippen LogP contribution in [0.15, 0.2) is 131 Å². The van der Waals surface area contributed by atoms with Crippen LogP contribution >= 0.6 is 11.6 Å². The number of para-hydroxylation sites is 5. The number of halogens is 1. The number of aromatic hydroxyl groups is 1. The van der Waals surface area contributed by atoms with E-state index in [-0.39, 0.29) is 41.0 Å². The van der Waals surface area contributed by atoms with Gasteiger partial charge in [0, 0.05) is 28.1 Å². The maximum absolute atomic E-state index is 14.4. The lowest BCUT2D eigenvalue weighted by Gasteiger charge is -2.32. The zero-order chi connectivity index (χ0) is 40.0. The first-order chi connectivity index (χ1) is 28.1. The number of aliphatic imine (C=N–C) groups is 1. The molecule has 2 aromatic heterocycles. The average molecular weight is 787 g/mol. The van der Waals surface area contributed by atoms with Crippen molar-refractivity contribution >= 4 is 68.1 Å². The van der Waals surface area contributed by atoms with Crippen LogP contribution in [0.2, 0.25) is 5.02 Å². The summed E-state index contributed by atoms with van der Waals surface area (Å²) in [6.07, 6.45) is 0.679. The quantitative estimate of drug-likeness (QED) is 0.156. The molecule has 12 heteroatoms. The predicted molar refractivity (Wildman–Crippen MR) is 222 cm³/mol. The van der Waals surface area contributed by atoms with Crippen LogP contribution in [-0.4, -0.2) is 49.0 Å². The highest BCUT2D eigenvalue weighted by atomic mass is 35.5. The highest BCUT2D eigenvalue weighted by molar-refractivity contribution is 6.56. The second kappa shape index (κ2) is 13.2. The van der Waals surface area contributed by atoms with E-state index in [1.807, 2.05) is 78.9 Å². The zero-order valence-electron chi connectivity index (χ0n) is 31.3. The minimum Gasteiger partial charge on any atom is -0.494 e. The predicted octanol–water partition coefficient (Wildman–Crippen LogP) is 7.61. The number of hydrogen-bond donors (Lipinski definition) is 3. The van der Waals surface area contributed by atoms with Crippen molar-refractivity contribution in [3.05, 3.63) is 159 Å². The number of anilines is 1. The van der Waals surface area contributed by atoms with Gasteiger partial charge >= 0.3 is 0 Å². The molecule has 0 bridgehead atoms. The molecule has 4 aliphatic rings. The molecule has 4 atom stereocenters. The number of nitrogens with zero attached hydrogens (tertiary/aromatic N) is 4. The Hall–Kier alpha value is -6.69. The van der Waals surface area contributed by atoms with E-state index in [4.69, 9.17) is 16.6 Å². The van der Waals surface area contributed by atoms with Crippen molar-refractivity contribution in [3.8, 4) is 11.6 Å². The van der Waals surface area contributed by atoms with Gasteiger partial charge in [-0.3, -0.25) is 29.1 Å². The zero-order valence-corrected chi connectivity index (χ0v) is 32.1. The number of rotatable bonds is 4. The van der Waals surface area contributed by atoms with Gasteiger partial charge in [-0.25, -0.2) is 14.9 Å². The molecular weight excluding hydrogens is 752 g/mol. The molecule has 2 amide bonds. The first kappa shape index (κ1) is 35.7. The van der Waals surface area contributed by atoms with Crippen molar-refractivity contribution in [1.82, 2.24) is 19.9 Å². The Balaban J connectivity index is 0.000000171. The summed E-state index contributed by atoms with van der Waals surface area (Å²) in [7, 11) is 0. The van der Waals surface area contributed by atoms with E-state index in [0.717, 1.165) is 16.5 Å². The van der Waals surface area contributed by atoms with Gasteiger partial charge in [-0.15, -0.1) is 0 Å². The first-order valence-corrected chi connectivity index (χ1v) is 19.5. The third-order valence-corrected chi connectivity index (χ3v) is 12.0. The Morgan fingerprint density at radius 3 is 2.24 bits per heavy atom. The molecular formula is C46H35ClN6O5. The van der Waals surface area contributed by atoms with Gasteiger partial charge in [-0.05, 0) is 60.9 Å². The molecule has 2 saturated heterocycles. The highest BCUT2D eigenvalue weighted by Crippen LogP contribution is 2.56. The van der Waals surface area contributed by atoms with E-state index in [2.05, 4.69) is 29.1 Å². The van der Waals surface area contributed by atoms with Crippen LogP contribution < -0.4 is 15.8 Å². The number of aromatic amines is 1. The third-order valence-electron chi connectivity index (χ3n) is 11.7. The Kier molecular flexibility index (Phi) is 8.12. The van der Waals surface area contributed by atoms with E-state index in [1.54, 1.807) is 47.0 Å². The van der Waals surface area contributed by atoms with Gasteiger partial charge in [0.1, 0.15) is 17.1 Å². The minimum absolute atomic E-state index is 0.0221. The lowest BCUT2D eigenvalue weighted by atomic mass is 9.75. The van der Waals surface area contributed by atoms with Gasteiger partial charge in [-0.2, -0.15) is 0 Å². The lowest BCUT2D eigenvalue weighted by molar-refractivity contribution is -0.123. The summed E-state index contributed by atoms with van der Waals surface area (Å²) in [6.45, 7) is 4.20. The number of amides is 2. The standard InChI is InChI=1S/C30H25ClN4O3.C16H10N2O2/c1-16(2)15-21-24-25(28(38)34(27(24)37)23-14-8-5-11-19(23)31)30(33-21)18-10-4-7-13-22(18)35-26(36)17-9-3-6-12-20(17)32-29(30)35;19-15-10-6-2-4-8-12(10)17-14(15)13-9-5-1-3-7-11(9)18-16(13)20/h3-14,16,21,24-25,33H,15H2,1-2H3;1-8,18,20H/t21?,24-,25+,30?;/m0./s1. The van der Waals surface area contributed by atoms with Crippen LogP contribution in [-0.2, 0) is 15.1 Å². The number of aromatic nitrogens is 3. The second-order valence-electron chi connectivity index (χ2n) is 15.5. The fraction of sp³-hybridized carbons (Fsp3) is 0.174. The Bertz CT molecular complexity index is 3010. The second-order valence-corrected chi connectivity index (χ2v) is 15.9. The van der Waals surface area contributed by atoms with Crippen LogP contribution in [0.5, 0.6) is 5.88 Å². The molecule has 1 spiro atoms. The number of Topliss-reactive ketones (excluding diaryl/α,β-unsaturated/α-hetero) is 1. The van der Waals surface area contributed by atoms with Crippen molar-refractivity contribution in [2.24, 2.45) is 22.7 Å². The van der Waals surface area contributed by atoms with Crippen molar-refractivity contribution in [2.45, 2.75) is 31.8 Å². The number of imide groups is 1. The number of nitrogens with one attached hydrogen (secondary N) is 2. The summed E-state index contributed by atoms with van der Waals surface area (Å²) >= 11 is 6.49. The molecule has 2 unspecified atom stereocenters.